The molecule has 0 radical (unpaired) electrons. The zero-order chi connectivity index (χ0) is 26.5. The van der Waals surface area contributed by atoms with Crippen LogP contribution in [-0.2, 0) is 17.1 Å². The summed E-state index contributed by atoms with van der Waals surface area (Å²) in [5, 5.41) is 10.5. The van der Waals surface area contributed by atoms with E-state index in [4.69, 9.17) is 0 Å². The molecule has 2 aromatic carbocycles. The molecule has 0 spiro atoms. The lowest BCUT2D eigenvalue weighted by Crippen LogP contribution is -2.67. The normalized spacial score (nSPS) is 23.2. The minimum absolute atomic E-state index is 0.0131. The molecule has 198 valence electrons. The van der Waals surface area contributed by atoms with Crippen molar-refractivity contribution in [2.24, 2.45) is 7.05 Å². The zero-order valence-electron chi connectivity index (χ0n) is 21.9. The predicted molar refractivity (Wildman–Crippen MR) is 141 cm³/mol. The average molecular weight is 527 g/mol. The maximum Gasteiger partial charge on any atom is 0.260 e. The van der Waals surface area contributed by atoms with E-state index in [9.17, 15) is 17.9 Å². The van der Waals surface area contributed by atoms with Crippen molar-refractivity contribution in [2.45, 2.75) is 56.6 Å². The Morgan fingerprint density at radius 1 is 1.03 bits per heavy atom. The summed E-state index contributed by atoms with van der Waals surface area (Å²) in [4.78, 5) is 6.46. The molecule has 37 heavy (non-hydrogen) atoms. The molecule has 1 unspecified atom stereocenters. The first-order valence-corrected chi connectivity index (χ1v) is 14.3. The summed E-state index contributed by atoms with van der Waals surface area (Å²) in [5.41, 5.74) is 4.65. The predicted octanol–water partition coefficient (Wildman–Crippen LogP) is 3.76. The van der Waals surface area contributed by atoms with Crippen molar-refractivity contribution in [3.8, 4) is 11.1 Å². The summed E-state index contributed by atoms with van der Waals surface area (Å²) in [6.45, 7) is 7.21. The Labute approximate surface area is 218 Å². The van der Waals surface area contributed by atoms with Crippen LogP contribution in [0, 0.1) is 26.6 Å². The molecule has 2 fully saturated rings. The number of aromatic nitrogens is 2. The van der Waals surface area contributed by atoms with Crippen molar-refractivity contribution in [3.05, 3.63) is 70.9 Å². The van der Waals surface area contributed by atoms with Crippen molar-refractivity contribution >= 4 is 10.0 Å². The van der Waals surface area contributed by atoms with Gasteiger partial charge in [-0.25, -0.2) is 17.8 Å². The van der Waals surface area contributed by atoms with Gasteiger partial charge in [0.25, 0.3) is 10.0 Å². The Morgan fingerprint density at radius 3 is 2.38 bits per heavy atom. The van der Waals surface area contributed by atoms with Crippen LogP contribution in [0.2, 0.25) is 0 Å². The van der Waals surface area contributed by atoms with Crippen LogP contribution in [-0.4, -0.2) is 70.6 Å². The zero-order valence-corrected chi connectivity index (χ0v) is 22.7. The van der Waals surface area contributed by atoms with E-state index in [2.05, 4.69) is 22.0 Å². The van der Waals surface area contributed by atoms with Crippen molar-refractivity contribution < 1.29 is 17.9 Å². The molecular weight excluding hydrogens is 491 g/mol. The fraction of sp³-hybridized carbons (Fsp3) is 0.464. The minimum Gasteiger partial charge on any atom is -0.395 e. The van der Waals surface area contributed by atoms with Gasteiger partial charge in [-0.05, 0) is 74.0 Å². The van der Waals surface area contributed by atoms with E-state index >= 15 is 0 Å². The highest BCUT2D eigenvalue weighted by Gasteiger charge is 2.50. The number of nitrogens with zero attached hydrogens (tertiary/aromatic N) is 4. The number of aliphatic hydroxyl groups excluding tert-OH is 1. The third-order valence-electron chi connectivity index (χ3n) is 8.44. The van der Waals surface area contributed by atoms with Crippen LogP contribution in [0.3, 0.4) is 0 Å². The third-order valence-corrected chi connectivity index (χ3v) is 10.4. The number of rotatable bonds is 5. The van der Waals surface area contributed by atoms with Crippen molar-refractivity contribution in [3.63, 3.8) is 0 Å². The highest BCUT2D eigenvalue weighted by atomic mass is 32.2. The van der Waals surface area contributed by atoms with Crippen LogP contribution in [0.25, 0.3) is 11.1 Å². The number of halogens is 1. The van der Waals surface area contributed by atoms with Crippen LogP contribution in [0.15, 0.2) is 47.6 Å². The maximum atomic E-state index is 14.0. The minimum atomic E-state index is -3.70. The molecule has 3 aromatic rings. The van der Waals surface area contributed by atoms with Crippen LogP contribution in [0.4, 0.5) is 4.39 Å². The second kappa shape index (κ2) is 9.94. The number of hydrogen-bond acceptors (Lipinski definition) is 5. The Balaban J connectivity index is 1.44. The summed E-state index contributed by atoms with van der Waals surface area (Å²) >= 11 is 0. The maximum absolute atomic E-state index is 14.0. The molecule has 0 bridgehead atoms. The van der Waals surface area contributed by atoms with Gasteiger partial charge >= 0.3 is 0 Å². The quantitative estimate of drug-likeness (QED) is 0.548. The number of aryl methyl sites for hydroxylation is 1. The number of imidazole rings is 1. The van der Waals surface area contributed by atoms with Gasteiger partial charge in [0.15, 0.2) is 5.03 Å². The number of benzene rings is 2. The Morgan fingerprint density at radius 2 is 1.73 bits per heavy atom. The van der Waals surface area contributed by atoms with Gasteiger partial charge in [0.2, 0.25) is 0 Å². The summed E-state index contributed by atoms with van der Waals surface area (Å²) in [7, 11) is -1.98. The second-order valence-corrected chi connectivity index (χ2v) is 12.2. The van der Waals surface area contributed by atoms with E-state index in [1.54, 1.807) is 29.8 Å². The van der Waals surface area contributed by atoms with Gasteiger partial charge in [-0.3, -0.25) is 4.90 Å². The van der Waals surface area contributed by atoms with Crippen LogP contribution in [0.5, 0.6) is 0 Å². The van der Waals surface area contributed by atoms with Crippen molar-refractivity contribution in [2.75, 3.05) is 26.2 Å². The van der Waals surface area contributed by atoms with Crippen LogP contribution >= 0.6 is 0 Å². The number of hydrogen-bond donors (Lipinski definition) is 1. The van der Waals surface area contributed by atoms with E-state index in [-0.39, 0.29) is 35.5 Å². The first kappa shape index (κ1) is 26.0. The lowest BCUT2D eigenvalue weighted by molar-refractivity contribution is -0.0554. The highest BCUT2D eigenvalue weighted by molar-refractivity contribution is 7.89. The number of sulfonamides is 1. The second-order valence-electron chi connectivity index (χ2n) is 10.3. The summed E-state index contributed by atoms with van der Waals surface area (Å²) in [6.07, 6.45) is 3.08. The SMILES string of the molecule is Cc1c(F)ccc(-c2ccc([C@H]3C4CN(S(=O)(=O)c5cnc(C)n5C)CCCCN4[C@@H]3CO)cc2)c1C. The fourth-order valence-corrected chi connectivity index (χ4v) is 7.61. The lowest BCUT2D eigenvalue weighted by atomic mass is 9.74. The van der Waals surface area contributed by atoms with Gasteiger partial charge in [0.05, 0.1) is 12.8 Å². The van der Waals surface area contributed by atoms with E-state index in [1.807, 2.05) is 25.1 Å². The smallest absolute Gasteiger partial charge is 0.260 e. The molecule has 1 aromatic heterocycles. The van der Waals surface area contributed by atoms with E-state index in [0.717, 1.165) is 41.6 Å². The average Bonchev–Trinajstić information content (AvgIpc) is 3.20. The van der Waals surface area contributed by atoms with Crippen LogP contribution < -0.4 is 0 Å². The molecule has 3 heterocycles. The van der Waals surface area contributed by atoms with Crippen molar-refractivity contribution in [1.29, 1.82) is 0 Å². The van der Waals surface area contributed by atoms with Gasteiger partial charge < -0.3 is 9.67 Å². The molecule has 5 rings (SSSR count). The standard InChI is InChI=1S/C28H35FN4O3S/c1-18-19(2)24(29)12-11-23(18)21-7-9-22(10-8-21)28-25-16-32(13-5-6-14-33(25)26(28)17-34)37(35,36)27-15-30-20(3)31(27)4/h7-12,15,25-26,28,34H,5-6,13-14,16-17H2,1-4H3/t25?,26-,28+/m1/s1. The molecule has 9 heteroatoms. The van der Waals surface area contributed by atoms with Gasteiger partial charge in [0, 0.05) is 38.1 Å². The summed E-state index contributed by atoms with van der Waals surface area (Å²) < 4.78 is 44.4. The highest BCUT2D eigenvalue weighted by Crippen LogP contribution is 2.43. The Bertz CT molecular complexity index is 1400. The Hall–Kier alpha value is -2.59. The molecule has 0 aliphatic carbocycles. The third kappa shape index (κ3) is 4.41. The van der Waals surface area contributed by atoms with Gasteiger partial charge in [0.1, 0.15) is 11.6 Å². The molecule has 2 saturated heterocycles. The Kier molecular flexibility index (Phi) is 7.00. The monoisotopic (exact) mass is 526 g/mol. The fourth-order valence-electron chi connectivity index (χ4n) is 5.97. The van der Waals surface area contributed by atoms with Gasteiger partial charge in [-0.1, -0.05) is 30.3 Å². The van der Waals surface area contributed by atoms with E-state index in [1.165, 1.54) is 12.3 Å². The molecule has 0 saturated carbocycles. The van der Waals surface area contributed by atoms with E-state index < -0.39 is 10.0 Å². The molecule has 3 atom stereocenters. The van der Waals surface area contributed by atoms with Crippen LogP contribution in [0.1, 0.15) is 41.3 Å². The first-order valence-electron chi connectivity index (χ1n) is 12.9. The summed E-state index contributed by atoms with van der Waals surface area (Å²) in [5.74, 6) is 0.461. The molecule has 2 aliphatic rings. The van der Waals surface area contributed by atoms with Gasteiger partial charge in [-0.2, -0.15) is 4.31 Å². The molecule has 2 aliphatic heterocycles. The molecular formula is C28H35FN4O3S. The molecule has 0 amide bonds. The first-order chi connectivity index (χ1) is 17.6. The molecule has 7 nitrogen and oxygen atoms in total. The molecule has 1 N–H and O–H groups in total. The van der Waals surface area contributed by atoms with Gasteiger partial charge in [-0.15, -0.1) is 0 Å². The number of aliphatic hydroxyl groups is 1. The number of fused-ring (bicyclic) bond motifs is 1. The lowest BCUT2D eigenvalue weighted by Gasteiger charge is -2.57. The summed E-state index contributed by atoms with van der Waals surface area (Å²) in [6, 6.07) is 11.5. The van der Waals surface area contributed by atoms with Crippen molar-refractivity contribution in [1.82, 2.24) is 18.8 Å². The topological polar surface area (TPSA) is 78.7 Å². The largest absolute Gasteiger partial charge is 0.395 e. The van der Waals surface area contributed by atoms with E-state index in [0.29, 0.717) is 24.5 Å².